The Bertz CT molecular complexity index is 371. The first-order chi connectivity index (χ1) is 7.18. The molecule has 0 aromatic carbocycles. The molecule has 0 spiro atoms. The molecule has 90 valence electrons. The monoisotopic (exact) mass is 372 g/mol. The molecule has 16 heavy (non-hydrogen) atoms. The second-order valence-corrected chi connectivity index (χ2v) is 6.50. The average molecular weight is 373 g/mol. The summed E-state index contributed by atoms with van der Waals surface area (Å²) in [6.45, 7) is 4.69. The number of hydrogen-bond acceptors (Lipinski definition) is 3. The van der Waals surface area contributed by atoms with Gasteiger partial charge in [-0.25, -0.2) is 0 Å². The number of carbonyl (C=O) groups excluding carboxylic acids is 1. The molecule has 6 heteroatoms. The summed E-state index contributed by atoms with van der Waals surface area (Å²) in [7, 11) is 0. The molecule has 1 fully saturated rings. The van der Waals surface area contributed by atoms with Crippen LogP contribution < -0.4 is 5.32 Å². The van der Waals surface area contributed by atoms with Gasteiger partial charge in [-0.05, 0) is 35.6 Å². The SMILES string of the molecule is C[C@H]1CNCCN1C(=O)c1csc(I)c1.Cl. The van der Waals surface area contributed by atoms with Gasteiger partial charge < -0.3 is 10.2 Å². The highest BCUT2D eigenvalue weighted by Crippen LogP contribution is 2.19. The van der Waals surface area contributed by atoms with Gasteiger partial charge in [0.1, 0.15) is 0 Å². The van der Waals surface area contributed by atoms with Crippen molar-refractivity contribution in [2.45, 2.75) is 13.0 Å². The zero-order chi connectivity index (χ0) is 10.8. The molecule has 1 aliphatic heterocycles. The quantitative estimate of drug-likeness (QED) is 0.767. The molecule has 1 N–H and O–H groups in total. The lowest BCUT2D eigenvalue weighted by Gasteiger charge is -2.33. The molecule has 1 saturated heterocycles. The van der Waals surface area contributed by atoms with Gasteiger partial charge in [0, 0.05) is 31.1 Å². The molecule has 1 amide bonds. The molecule has 0 aliphatic carbocycles. The predicted octanol–water partition coefficient (Wildman–Crippen LogP) is 2.21. The molecule has 1 aromatic heterocycles. The van der Waals surface area contributed by atoms with E-state index in [1.54, 1.807) is 11.3 Å². The van der Waals surface area contributed by atoms with Gasteiger partial charge in [-0.15, -0.1) is 23.7 Å². The maximum Gasteiger partial charge on any atom is 0.255 e. The van der Waals surface area contributed by atoms with E-state index >= 15 is 0 Å². The molecular formula is C10H14ClIN2OS. The summed E-state index contributed by atoms with van der Waals surface area (Å²) >= 11 is 3.87. The molecule has 0 bridgehead atoms. The smallest absolute Gasteiger partial charge is 0.255 e. The maximum absolute atomic E-state index is 12.1. The van der Waals surface area contributed by atoms with E-state index in [9.17, 15) is 4.79 Å². The Kier molecular flexibility index (Phi) is 5.49. The molecule has 2 rings (SSSR count). The van der Waals surface area contributed by atoms with Crippen LogP contribution in [-0.4, -0.2) is 36.5 Å². The van der Waals surface area contributed by atoms with Crippen molar-refractivity contribution >= 4 is 52.2 Å². The van der Waals surface area contributed by atoms with Crippen LogP contribution in [0, 0.1) is 2.88 Å². The summed E-state index contributed by atoms with van der Waals surface area (Å²) in [6, 6.07) is 2.26. The lowest BCUT2D eigenvalue weighted by Crippen LogP contribution is -2.52. The minimum atomic E-state index is 0. The van der Waals surface area contributed by atoms with E-state index in [0.29, 0.717) is 6.04 Å². The van der Waals surface area contributed by atoms with Gasteiger partial charge in [-0.3, -0.25) is 4.79 Å². The fourth-order valence-corrected chi connectivity index (χ4v) is 3.05. The second-order valence-electron chi connectivity index (χ2n) is 3.69. The summed E-state index contributed by atoms with van der Waals surface area (Å²) in [4.78, 5) is 14.1. The molecule has 2 heterocycles. The van der Waals surface area contributed by atoms with E-state index in [1.807, 2.05) is 16.3 Å². The predicted molar refractivity (Wildman–Crippen MR) is 77.7 cm³/mol. The number of nitrogens with one attached hydrogen (secondary N) is 1. The third kappa shape index (κ3) is 3.09. The first kappa shape index (κ1) is 14.2. The largest absolute Gasteiger partial charge is 0.333 e. The normalized spacial score (nSPS) is 20.4. The van der Waals surface area contributed by atoms with E-state index in [1.165, 1.54) is 2.88 Å². The summed E-state index contributed by atoms with van der Waals surface area (Å²) in [5.41, 5.74) is 0.832. The minimum absolute atomic E-state index is 0. The van der Waals surface area contributed by atoms with Crippen LogP contribution in [0.4, 0.5) is 0 Å². The number of halogens is 2. The molecule has 0 radical (unpaired) electrons. The zero-order valence-electron chi connectivity index (χ0n) is 8.90. The maximum atomic E-state index is 12.1. The van der Waals surface area contributed by atoms with Crippen LogP contribution in [0.2, 0.25) is 0 Å². The van der Waals surface area contributed by atoms with Crippen molar-refractivity contribution in [1.82, 2.24) is 10.2 Å². The Morgan fingerprint density at radius 1 is 1.69 bits per heavy atom. The van der Waals surface area contributed by atoms with Crippen molar-refractivity contribution in [1.29, 1.82) is 0 Å². The van der Waals surface area contributed by atoms with Gasteiger partial charge in [-0.1, -0.05) is 0 Å². The van der Waals surface area contributed by atoms with Crippen LogP contribution in [0.15, 0.2) is 11.4 Å². The van der Waals surface area contributed by atoms with Crippen molar-refractivity contribution in [3.63, 3.8) is 0 Å². The fourth-order valence-electron chi connectivity index (χ4n) is 1.73. The number of carbonyl (C=O) groups is 1. The van der Waals surface area contributed by atoms with Gasteiger partial charge in [0.2, 0.25) is 0 Å². The van der Waals surface area contributed by atoms with Gasteiger partial charge in [0.25, 0.3) is 5.91 Å². The molecule has 1 aliphatic rings. The Morgan fingerprint density at radius 3 is 3.00 bits per heavy atom. The lowest BCUT2D eigenvalue weighted by molar-refractivity contribution is 0.0656. The number of thiophene rings is 1. The van der Waals surface area contributed by atoms with Gasteiger partial charge in [-0.2, -0.15) is 0 Å². The van der Waals surface area contributed by atoms with Crippen molar-refractivity contribution in [2.75, 3.05) is 19.6 Å². The van der Waals surface area contributed by atoms with E-state index in [-0.39, 0.29) is 18.3 Å². The summed E-state index contributed by atoms with van der Waals surface area (Å²) in [6.07, 6.45) is 0. The standard InChI is InChI=1S/C10H13IN2OS.ClH/c1-7-5-12-2-3-13(7)10(14)8-4-9(11)15-6-8;/h4,6-7,12H,2-3,5H2,1H3;1H/t7-;/m0./s1. The van der Waals surface area contributed by atoms with Gasteiger partial charge in [0.15, 0.2) is 0 Å². The number of amides is 1. The molecule has 0 saturated carbocycles. The first-order valence-electron chi connectivity index (χ1n) is 4.94. The van der Waals surface area contributed by atoms with Crippen LogP contribution in [0.1, 0.15) is 17.3 Å². The van der Waals surface area contributed by atoms with E-state index in [2.05, 4.69) is 34.8 Å². The van der Waals surface area contributed by atoms with Crippen LogP contribution in [-0.2, 0) is 0 Å². The summed E-state index contributed by atoms with van der Waals surface area (Å²) in [5, 5.41) is 5.23. The molecule has 1 atom stereocenters. The Labute approximate surface area is 119 Å². The lowest BCUT2D eigenvalue weighted by atomic mass is 10.2. The van der Waals surface area contributed by atoms with Crippen molar-refractivity contribution in [3.05, 3.63) is 19.9 Å². The summed E-state index contributed by atoms with van der Waals surface area (Å²) < 4.78 is 1.17. The number of rotatable bonds is 1. The number of hydrogen-bond donors (Lipinski definition) is 1. The highest BCUT2D eigenvalue weighted by molar-refractivity contribution is 14.1. The van der Waals surface area contributed by atoms with Crippen LogP contribution in [0.3, 0.4) is 0 Å². The van der Waals surface area contributed by atoms with E-state index in [0.717, 1.165) is 25.2 Å². The van der Waals surface area contributed by atoms with Crippen molar-refractivity contribution < 1.29 is 4.79 Å². The Hall–Kier alpha value is 0.150. The summed E-state index contributed by atoms with van der Waals surface area (Å²) in [5.74, 6) is 0.170. The fraction of sp³-hybridized carbons (Fsp3) is 0.500. The van der Waals surface area contributed by atoms with E-state index < -0.39 is 0 Å². The van der Waals surface area contributed by atoms with Crippen molar-refractivity contribution in [2.24, 2.45) is 0 Å². The van der Waals surface area contributed by atoms with Crippen LogP contribution in [0.25, 0.3) is 0 Å². The third-order valence-electron chi connectivity index (χ3n) is 2.58. The highest BCUT2D eigenvalue weighted by Gasteiger charge is 2.24. The average Bonchev–Trinajstić information content (AvgIpc) is 2.65. The Morgan fingerprint density at radius 2 is 2.44 bits per heavy atom. The molecule has 3 nitrogen and oxygen atoms in total. The zero-order valence-corrected chi connectivity index (χ0v) is 12.7. The Balaban J connectivity index is 0.00000128. The van der Waals surface area contributed by atoms with Crippen molar-refractivity contribution in [3.8, 4) is 0 Å². The van der Waals surface area contributed by atoms with Crippen LogP contribution in [0.5, 0.6) is 0 Å². The molecule has 0 unspecified atom stereocenters. The molecule has 1 aromatic rings. The van der Waals surface area contributed by atoms with E-state index in [4.69, 9.17) is 0 Å². The van der Waals surface area contributed by atoms with Gasteiger partial charge in [0.05, 0.1) is 8.45 Å². The first-order valence-corrected chi connectivity index (χ1v) is 6.90. The topological polar surface area (TPSA) is 32.3 Å². The number of nitrogens with zero attached hydrogens (tertiary/aromatic N) is 1. The third-order valence-corrected chi connectivity index (χ3v) is 4.37. The number of piperazine rings is 1. The van der Waals surface area contributed by atoms with Crippen LogP contribution >= 0.6 is 46.3 Å². The molecular weight excluding hydrogens is 359 g/mol. The highest BCUT2D eigenvalue weighted by atomic mass is 127. The van der Waals surface area contributed by atoms with Gasteiger partial charge >= 0.3 is 0 Å². The second kappa shape index (κ2) is 6.18. The minimum Gasteiger partial charge on any atom is -0.333 e.